The van der Waals surface area contributed by atoms with Crippen LogP contribution in [0.1, 0.15) is 0 Å². The SMILES string of the molecule is O=P(Oc1ccccc1)(Oc1ccccc1)C1SC(=C(C(F)(F)F)C(F)(F)F)SC1(C(F)(F)F)C(F)(F)F. The molecule has 1 atom stereocenters. The molecule has 0 N–H and O–H groups in total. The second-order valence-corrected chi connectivity index (χ2v) is 12.3. The zero-order valence-electron chi connectivity index (χ0n) is 17.9. The van der Waals surface area contributed by atoms with E-state index >= 15 is 0 Å². The highest BCUT2D eigenvalue weighted by Gasteiger charge is 2.83. The summed E-state index contributed by atoms with van der Waals surface area (Å²) in [4.78, 5) is -3.70. The van der Waals surface area contributed by atoms with Crippen LogP contribution in [0.25, 0.3) is 0 Å². The van der Waals surface area contributed by atoms with Gasteiger partial charge in [0.1, 0.15) is 11.5 Å². The molecule has 0 aliphatic carbocycles. The lowest BCUT2D eigenvalue weighted by molar-refractivity contribution is -0.260. The highest BCUT2D eigenvalue weighted by atomic mass is 32.2. The molecule has 0 aromatic heterocycles. The average Bonchev–Trinajstić information content (AvgIpc) is 3.15. The van der Waals surface area contributed by atoms with E-state index in [1.807, 2.05) is 0 Å². The van der Waals surface area contributed by atoms with Crippen LogP contribution in [0.3, 0.4) is 0 Å². The van der Waals surface area contributed by atoms with Gasteiger partial charge in [0.25, 0.3) is 0 Å². The molecule has 18 heteroatoms. The number of para-hydroxylation sites is 2. The Kier molecular flexibility index (Phi) is 8.10. The van der Waals surface area contributed by atoms with E-state index in [4.69, 9.17) is 9.05 Å². The molecule has 3 rings (SSSR count). The second kappa shape index (κ2) is 10.1. The Bertz CT molecular complexity index is 1130. The summed E-state index contributed by atoms with van der Waals surface area (Å²) in [7, 11) is -5.97. The smallest absolute Gasteiger partial charge is 0.415 e. The first-order valence-electron chi connectivity index (χ1n) is 9.69. The first-order valence-corrected chi connectivity index (χ1v) is 13.0. The van der Waals surface area contributed by atoms with Gasteiger partial charge < -0.3 is 9.05 Å². The number of rotatable bonds is 5. The van der Waals surface area contributed by atoms with Crippen LogP contribution >= 0.6 is 31.1 Å². The summed E-state index contributed by atoms with van der Waals surface area (Å²) in [6, 6.07) is 11.0. The van der Waals surface area contributed by atoms with Gasteiger partial charge in [0.05, 0.1) is 4.24 Å². The molecule has 38 heavy (non-hydrogen) atoms. The molecule has 1 aliphatic heterocycles. The first kappa shape index (κ1) is 30.4. The number of allylic oxidation sites excluding steroid dienone is 1. The van der Waals surface area contributed by atoms with Gasteiger partial charge in [-0.15, -0.1) is 0 Å². The molecule has 1 aliphatic rings. The number of alkyl halides is 12. The molecule has 0 amide bonds. The van der Waals surface area contributed by atoms with Crippen molar-refractivity contribution in [2.24, 2.45) is 0 Å². The molecule has 0 saturated carbocycles. The minimum atomic E-state index is -6.59. The summed E-state index contributed by atoms with van der Waals surface area (Å²) in [5.74, 6) is -1.25. The van der Waals surface area contributed by atoms with Crippen LogP contribution in [-0.2, 0) is 4.57 Å². The van der Waals surface area contributed by atoms with E-state index in [1.54, 1.807) is 0 Å². The van der Waals surface area contributed by atoms with Crippen LogP contribution in [0.15, 0.2) is 70.5 Å². The van der Waals surface area contributed by atoms with E-state index in [-0.39, 0.29) is 0 Å². The predicted octanol–water partition coefficient (Wildman–Crippen LogP) is 9.34. The van der Waals surface area contributed by atoms with Crippen molar-refractivity contribution in [3.05, 3.63) is 70.5 Å². The van der Waals surface area contributed by atoms with E-state index in [0.29, 0.717) is 0 Å². The highest BCUT2D eigenvalue weighted by molar-refractivity contribution is 8.28. The summed E-state index contributed by atoms with van der Waals surface area (Å²) in [5.41, 5.74) is -3.62. The van der Waals surface area contributed by atoms with Gasteiger partial charge in [0, 0.05) is 0 Å². The lowest BCUT2D eigenvalue weighted by Gasteiger charge is -2.38. The molecule has 2 aromatic carbocycles. The fourth-order valence-corrected chi connectivity index (χ4v) is 9.88. The van der Waals surface area contributed by atoms with Gasteiger partial charge in [-0.3, -0.25) is 0 Å². The lowest BCUT2D eigenvalue weighted by Crippen LogP contribution is -2.59. The predicted molar refractivity (Wildman–Crippen MR) is 115 cm³/mol. The zero-order chi connectivity index (χ0) is 28.8. The number of benzene rings is 2. The Morgan fingerprint density at radius 2 is 1.05 bits per heavy atom. The fraction of sp³-hybridized carbons (Fsp3) is 0.300. The zero-order valence-corrected chi connectivity index (χ0v) is 20.4. The maximum Gasteiger partial charge on any atom is 0.446 e. The summed E-state index contributed by atoms with van der Waals surface area (Å²) in [6.45, 7) is 0. The van der Waals surface area contributed by atoms with Crippen LogP contribution in [0.2, 0.25) is 0 Å². The van der Waals surface area contributed by atoms with E-state index in [9.17, 15) is 57.3 Å². The van der Waals surface area contributed by atoms with Crippen molar-refractivity contribution in [1.29, 1.82) is 0 Å². The van der Waals surface area contributed by atoms with Gasteiger partial charge in [-0.2, -0.15) is 52.7 Å². The molecule has 3 nitrogen and oxygen atoms in total. The molecular weight excluding hydrogens is 611 g/mol. The fourth-order valence-electron chi connectivity index (χ4n) is 3.12. The lowest BCUT2D eigenvalue weighted by atomic mass is 10.1. The Labute approximate surface area is 214 Å². The Morgan fingerprint density at radius 1 is 0.684 bits per heavy atom. The van der Waals surface area contributed by atoms with Crippen molar-refractivity contribution in [2.75, 3.05) is 0 Å². The Balaban J connectivity index is 2.37. The van der Waals surface area contributed by atoms with Gasteiger partial charge in [0.15, 0.2) is 10.6 Å². The third-order valence-corrected chi connectivity index (χ3v) is 10.9. The summed E-state index contributed by atoms with van der Waals surface area (Å²) >= 11 is -2.96. The van der Waals surface area contributed by atoms with Crippen molar-refractivity contribution < 1.29 is 66.3 Å². The van der Waals surface area contributed by atoms with Gasteiger partial charge in [-0.05, 0) is 24.3 Å². The van der Waals surface area contributed by atoms with E-state index in [1.165, 1.54) is 12.1 Å². The van der Waals surface area contributed by atoms with Crippen molar-refractivity contribution in [3.63, 3.8) is 0 Å². The van der Waals surface area contributed by atoms with Gasteiger partial charge in [0.2, 0.25) is 4.75 Å². The average molecular weight is 622 g/mol. The molecule has 0 radical (unpaired) electrons. The topological polar surface area (TPSA) is 35.5 Å². The number of hydrogen-bond acceptors (Lipinski definition) is 5. The summed E-state index contributed by atoms with van der Waals surface area (Å²) in [5, 5.41) is 0. The van der Waals surface area contributed by atoms with Gasteiger partial charge >= 0.3 is 32.3 Å². The van der Waals surface area contributed by atoms with E-state index in [0.717, 1.165) is 48.5 Å². The summed E-state index contributed by atoms with van der Waals surface area (Å²) < 4.78 is 181. The maximum atomic E-state index is 14.2. The van der Waals surface area contributed by atoms with Gasteiger partial charge in [-0.25, -0.2) is 4.57 Å². The van der Waals surface area contributed by atoms with Crippen molar-refractivity contribution >= 4 is 31.1 Å². The molecule has 0 bridgehead atoms. The van der Waals surface area contributed by atoms with Crippen LogP contribution < -0.4 is 9.05 Å². The summed E-state index contributed by atoms with van der Waals surface area (Å²) in [6.07, 6.45) is -26.0. The number of halogens is 12. The minimum Gasteiger partial charge on any atom is -0.415 e. The number of thioether (sulfide) groups is 2. The third-order valence-electron chi connectivity index (χ3n) is 4.67. The monoisotopic (exact) mass is 622 g/mol. The van der Waals surface area contributed by atoms with Crippen LogP contribution in [0.5, 0.6) is 11.5 Å². The molecule has 2 aromatic rings. The van der Waals surface area contributed by atoms with Crippen LogP contribution in [-0.4, -0.2) is 34.4 Å². The minimum absolute atomic E-state index is 0.625. The quantitative estimate of drug-likeness (QED) is 0.245. The molecule has 1 saturated heterocycles. The maximum absolute atomic E-state index is 14.2. The molecule has 1 fully saturated rings. The molecule has 1 heterocycles. The molecule has 0 spiro atoms. The Hall–Kier alpha value is -2.13. The number of hydrogen-bond donors (Lipinski definition) is 0. The van der Waals surface area contributed by atoms with E-state index in [2.05, 4.69) is 0 Å². The second-order valence-electron chi connectivity index (χ2n) is 7.31. The van der Waals surface area contributed by atoms with E-state index < -0.39 is 86.9 Å². The van der Waals surface area contributed by atoms with Crippen molar-refractivity contribution in [2.45, 2.75) is 34.4 Å². The largest absolute Gasteiger partial charge is 0.446 e. The normalized spacial score (nSPS) is 18.8. The van der Waals surface area contributed by atoms with Crippen LogP contribution in [0.4, 0.5) is 52.7 Å². The van der Waals surface area contributed by atoms with Gasteiger partial charge in [-0.1, -0.05) is 59.9 Å². The third kappa shape index (κ3) is 5.88. The van der Waals surface area contributed by atoms with Crippen LogP contribution in [0, 0.1) is 0 Å². The van der Waals surface area contributed by atoms with Crippen molar-refractivity contribution in [1.82, 2.24) is 0 Å². The highest BCUT2D eigenvalue weighted by Crippen LogP contribution is 2.77. The van der Waals surface area contributed by atoms with Crippen molar-refractivity contribution in [3.8, 4) is 11.5 Å². The molecular formula is C20H11F12O3PS2. The first-order chi connectivity index (χ1) is 17.2. The standard InChI is InChI=1S/C20H11F12O3PS2/c21-17(22,23)13(18(24,25)26)14-37-15(16(38-14,19(27,28)29)20(30,31)32)36(33,34-11-7-3-1-4-8-11)35-12-9-5-2-6-10-12/h1-10,15H. The Morgan fingerprint density at radius 3 is 1.37 bits per heavy atom. The molecule has 1 unspecified atom stereocenters. The molecule has 210 valence electrons.